The van der Waals surface area contributed by atoms with Crippen molar-refractivity contribution < 1.29 is 13.9 Å². The maximum absolute atomic E-state index is 13.4. The van der Waals surface area contributed by atoms with Crippen molar-refractivity contribution in [1.82, 2.24) is 0 Å². The van der Waals surface area contributed by atoms with Gasteiger partial charge >= 0.3 is 0 Å². The van der Waals surface area contributed by atoms with Crippen molar-refractivity contribution >= 4 is 0 Å². The van der Waals surface area contributed by atoms with E-state index in [0.29, 0.717) is 36.7 Å². The Bertz CT molecular complexity index is 367. The number of aryl methyl sites for hydroxylation is 1. The van der Waals surface area contributed by atoms with Crippen LogP contribution < -0.4 is 10.5 Å². The summed E-state index contributed by atoms with van der Waals surface area (Å²) in [5.41, 5.74) is 7.03. The van der Waals surface area contributed by atoms with Crippen molar-refractivity contribution in [2.45, 2.75) is 26.8 Å². The lowest BCUT2D eigenvalue weighted by Crippen LogP contribution is -2.12. The summed E-state index contributed by atoms with van der Waals surface area (Å²) in [6.45, 7) is 7.06. The Morgan fingerprint density at radius 2 is 2.06 bits per heavy atom. The third-order valence-corrected chi connectivity index (χ3v) is 2.47. The van der Waals surface area contributed by atoms with Crippen LogP contribution in [-0.2, 0) is 4.74 Å². The number of ether oxygens (including phenoxy) is 2. The molecule has 17 heavy (non-hydrogen) atoms. The maximum Gasteiger partial charge on any atom is 0.126 e. The molecule has 0 saturated carbocycles. The highest BCUT2D eigenvalue weighted by atomic mass is 19.1. The zero-order valence-electron chi connectivity index (χ0n) is 10.6. The van der Waals surface area contributed by atoms with Crippen LogP contribution in [0.15, 0.2) is 12.1 Å². The van der Waals surface area contributed by atoms with E-state index in [2.05, 4.69) is 0 Å². The van der Waals surface area contributed by atoms with Crippen molar-refractivity contribution in [3.8, 4) is 5.75 Å². The third kappa shape index (κ3) is 3.98. The SMILES string of the molecule is CCOCCOc1cc(C)c(F)cc1[C@@H](C)N. The number of nitrogens with two attached hydrogens (primary N) is 1. The third-order valence-electron chi connectivity index (χ3n) is 2.47. The first-order chi connectivity index (χ1) is 8.06. The average Bonchev–Trinajstić information content (AvgIpc) is 2.28. The molecule has 1 rings (SSSR count). The van der Waals surface area contributed by atoms with E-state index in [-0.39, 0.29) is 11.9 Å². The predicted octanol–water partition coefficient (Wildman–Crippen LogP) is 2.57. The Kier molecular flexibility index (Phi) is 5.38. The van der Waals surface area contributed by atoms with Gasteiger partial charge in [0, 0.05) is 18.2 Å². The molecule has 0 heterocycles. The van der Waals surface area contributed by atoms with E-state index in [1.807, 2.05) is 6.92 Å². The first-order valence-electron chi connectivity index (χ1n) is 5.82. The maximum atomic E-state index is 13.4. The Morgan fingerprint density at radius 3 is 2.65 bits per heavy atom. The van der Waals surface area contributed by atoms with Gasteiger partial charge in [-0.2, -0.15) is 0 Å². The van der Waals surface area contributed by atoms with Crippen LogP contribution in [0.1, 0.15) is 31.0 Å². The summed E-state index contributed by atoms with van der Waals surface area (Å²) in [6, 6.07) is 2.86. The Balaban J connectivity index is 2.78. The fourth-order valence-electron chi connectivity index (χ4n) is 1.51. The van der Waals surface area contributed by atoms with Crippen LogP contribution in [0.2, 0.25) is 0 Å². The number of hydrogen-bond donors (Lipinski definition) is 1. The lowest BCUT2D eigenvalue weighted by Gasteiger charge is -2.15. The smallest absolute Gasteiger partial charge is 0.126 e. The Morgan fingerprint density at radius 1 is 1.35 bits per heavy atom. The molecule has 1 atom stereocenters. The Hall–Kier alpha value is -1.13. The van der Waals surface area contributed by atoms with Gasteiger partial charge in [-0.25, -0.2) is 4.39 Å². The van der Waals surface area contributed by atoms with E-state index in [1.165, 1.54) is 6.07 Å². The van der Waals surface area contributed by atoms with E-state index in [4.69, 9.17) is 15.2 Å². The van der Waals surface area contributed by atoms with Gasteiger partial charge in [0.2, 0.25) is 0 Å². The highest BCUT2D eigenvalue weighted by Crippen LogP contribution is 2.27. The normalized spacial score (nSPS) is 12.5. The number of hydrogen-bond acceptors (Lipinski definition) is 3. The molecule has 2 N–H and O–H groups in total. The van der Waals surface area contributed by atoms with Gasteiger partial charge in [0.15, 0.2) is 0 Å². The van der Waals surface area contributed by atoms with Gasteiger partial charge in [-0.3, -0.25) is 0 Å². The Labute approximate surface area is 102 Å². The lowest BCUT2D eigenvalue weighted by molar-refractivity contribution is 0.109. The van der Waals surface area contributed by atoms with Crippen LogP contribution in [0.5, 0.6) is 5.75 Å². The van der Waals surface area contributed by atoms with Crippen molar-refractivity contribution in [3.05, 3.63) is 29.1 Å². The van der Waals surface area contributed by atoms with Gasteiger partial charge in [-0.05, 0) is 38.5 Å². The molecule has 96 valence electrons. The molecular weight excluding hydrogens is 221 g/mol. The molecule has 1 aromatic rings. The molecule has 3 nitrogen and oxygen atoms in total. The molecule has 0 bridgehead atoms. The first-order valence-corrected chi connectivity index (χ1v) is 5.82. The van der Waals surface area contributed by atoms with Crippen molar-refractivity contribution in [1.29, 1.82) is 0 Å². The van der Waals surface area contributed by atoms with Crippen LogP contribution in [0, 0.1) is 12.7 Å². The predicted molar refractivity (Wildman–Crippen MR) is 65.7 cm³/mol. The fraction of sp³-hybridized carbons (Fsp3) is 0.538. The molecule has 0 saturated heterocycles. The highest BCUT2D eigenvalue weighted by Gasteiger charge is 2.11. The molecule has 0 aliphatic heterocycles. The summed E-state index contributed by atoms with van der Waals surface area (Å²) in [5.74, 6) is 0.382. The quantitative estimate of drug-likeness (QED) is 0.778. The van der Waals surface area contributed by atoms with Gasteiger partial charge in [-0.1, -0.05) is 0 Å². The topological polar surface area (TPSA) is 44.5 Å². The molecule has 0 fully saturated rings. The van der Waals surface area contributed by atoms with Crippen molar-refractivity contribution in [2.24, 2.45) is 5.73 Å². The number of halogens is 1. The van der Waals surface area contributed by atoms with E-state index >= 15 is 0 Å². The zero-order chi connectivity index (χ0) is 12.8. The molecule has 4 heteroatoms. The zero-order valence-corrected chi connectivity index (χ0v) is 10.6. The second kappa shape index (κ2) is 6.57. The number of rotatable bonds is 6. The molecule has 0 radical (unpaired) electrons. The van der Waals surface area contributed by atoms with Crippen LogP contribution in [0.25, 0.3) is 0 Å². The molecule has 0 unspecified atom stereocenters. The highest BCUT2D eigenvalue weighted by molar-refractivity contribution is 5.39. The van der Waals surface area contributed by atoms with E-state index < -0.39 is 0 Å². The van der Waals surface area contributed by atoms with Crippen LogP contribution >= 0.6 is 0 Å². The summed E-state index contributed by atoms with van der Waals surface area (Å²) in [4.78, 5) is 0. The largest absolute Gasteiger partial charge is 0.491 e. The van der Waals surface area contributed by atoms with Crippen LogP contribution in [-0.4, -0.2) is 19.8 Å². The molecule has 1 aromatic carbocycles. The first kappa shape index (κ1) is 13.9. The van der Waals surface area contributed by atoms with Crippen LogP contribution in [0.3, 0.4) is 0 Å². The monoisotopic (exact) mass is 241 g/mol. The van der Waals surface area contributed by atoms with E-state index in [9.17, 15) is 4.39 Å². The summed E-state index contributed by atoms with van der Waals surface area (Å²) < 4.78 is 24.2. The van der Waals surface area contributed by atoms with Gasteiger partial charge in [-0.15, -0.1) is 0 Å². The molecule has 0 aliphatic carbocycles. The van der Waals surface area contributed by atoms with Crippen molar-refractivity contribution in [3.63, 3.8) is 0 Å². The molecular formula is C13H20FNO2. The van der Waals surface area contributed by atoms with E-state index in [1.54, 1.807) is 19.9 Å². The van der Waals surface area contributed by atoms with Crippen molar-refractivity contribution in [2.75, 3.05) is 19.8 Å². The fourth-order valence-corrected chi connectivity index (χ4v) is 1.51. The van der Waals surface area contributed by atoms with Gasteiger partial charge in [0.05, 0.1) is 6.61 Å². The number of benzene rings is 1. The minimum absolute atomic E-state index is 0.255. The second-order valence-corrected chi connectivity index (χ2v) is 3.97. The second-order valence-electron chi connectivity index (χ2n) is 3.97. The molecule has 0 amide bonds. The summed E-state index contributed by atoms with van der Waals surface area (Å²) in [7, 11) is 0. The summed E-state index contributed by atoms with van der Waals surface area (Å²) in [5, 5.41) is 0. The molecule has 0 aliphatic rings. The van der Waals surface area contributed by atoms with Gasteiger partial charge < -0.3 is 15.2 Å². The summed E-state index contributed by atoms with van der Waals surface area (Å²) >= 11 is 0. The van der Waals surface area contributed by atoms with Gasteiger partial charge in [0.25, 0.3) is 0 Å². The average molecular weight is 241 g/mol. The standard InChI is InChI=1S/C13H20FNO2/c1-4-16-5-6-17-13-7-9(2)12(14)8-11(13)10(3)15/h7-8,10H,4-6,15H2,1-3H3/t10-/m1/s1. The van der Waals surface area contributed by atoms with Crippen LogP contribution in [0.4, 0.5) is 4.39 Å². The van der Waals surface area contributed by atoms with E-state index in [0.717, 1.165) is 0 Å². The molecule has 0 spiro atoms. The minimum Gasteiger partial charge on any atom is -0.491 e. The van der Waals surface area contributed by atoms with Gasteiger partial charge in [0.1, 0.15) is 18.2 Å². The minimum atomic E-state index is -0.257. The summed E-state index contributed by atoms with van der Waals surface area (Å²) in [6.07, 6.45) is 0. The molecule has 0 aromatic heterocycles. The lowest BCUT2D eigenvalue weighted by atomic mass is 10.1.